The zero-order chi connectivity index (χ0) is 27.1. The van der Waals surface area contributed by atoms with Crippen molar-refractivity contribution in [1.29, 1.82) is 0 Å². The van der Waals surface area contributed by atoms with E-state index in [1.165, 1.54) is 27.1 Å². The van der Waals surface area contributed by atoms with Gasteiger partial charge in [0, 0.05) is 21.9 Å². The van der Waals surface area contributed by atoms with Crippen LogP contribution in [0.15, 0.2) is 121 Å². The van der Waals surface area contributed by atoms with Gasteiger partial charge in [-0.05, 0) is 61.6 Å². The van der Waals surface area contributed by atoms with Gasteiger partial charge < -0.3 is 9.47 Å². The fourth-order valence-electron chi connectivity index (χ4n) is 5.99. The highest BCUT2D eigenvalue weighted by Crippen LogP contribution is 2.50. The lowest BCUT2D eigenvalue weighted by Gasteiger charge is -2.21. The zero-order valence-corrected chi connectivity index (χ0v) is 22.5. The van der Waals surface area contributed by atoms with Crippen molar-refractivity contribution in [1.82, 2.24) is 0 Å². The molecule has 192 valence electrons. The summed E-state index contributed by atoms with van der Waals surface area (Å²) in [6.07, 6.45) is 4.35. The minimum Gasteiger partial charge on any atom is -0.496 e. The Morgan fingerprint density at radius 2 is 1.10 bits per heavy atom. The van der Waals surface area contributed by atoms with Gasteiger partial charge in [0.2, 0.25) is 0 Å². The SMILES string of the molecule is COc1ccc2ccccc2c1-c1c(OC)c2ccc3ccc(C=Cc4ccccc4)cc3c2c2ccccc12. The fourth-order valence-corrected chi connectivity index (χ4v) is 5.99. The summed E-state index contributed by atoms with van der Waals surface area (Å²) in [5.74, 6) is 1.69. The number of rotatable bonds is 5. The maximum absolute atomic E-state index is 6.28. The predicted molar refractivity (Wildman–Crippen MR) is 170 cm³/mol. The number of fused-ring (bicyclic) bond motifs is 6. The number of benzene rings is 7. The van der Waals surface area contributed by atoms with Crippen molar-refractivity contribution < 1.29 is 9.47 Å². The molecule has 7 aromatic rings. The fraction of sp³-hybridized carbons (Fsp3) is 0.0526. The van der Waals surface area contributed by atoms with E-state index >= 15 is 0 Å². The topological polar surface area (TPSA) is 18.5 Å². The molecule has 0 fully saturated rings. The van der Waals surface area contributed by atoms with E-state index in [1.54, 1.807) is 14.2 Å². The summed E-state index contributed by atoms with van der Waals surface area (Å²) in [7, 11) is 3.51. The lowest BCUT2D eigenvalue weighted by Crippen LogP contribution is -1.96. The minimum atomic E-state index is 0.829. The van der Waals surface area contributed by atoms with Crippen LogP contribution < -0.4 is 9.47 Å². The first-order valence-electron chi connectivity index (χ1n) is 13.5. The standard InChI is InChI=1S/C38H28O2/c1-39-34-23-21-27-12-6-7-13-29(27)36(34)37-31-15-9-8-14-30(31)35-32(38(37)40-2)22-20-28-19-18-26(24-33(28)35)17-16-25-10-4-3-5-11-25/h3-24H,1-2H3. The average Bonchev–Trinajstić information content (AvgIpc) is 3.02. The Balaban J connectivity index is 1.58. The summed E-state index contributed by atoms with van der Waals surface area (Å²) in [5.41, 5.74) is 4.45. The smallest absolute Gasteiger partial charge is 0.135 e. The Bertz CT molecular complexity index is 2070. The van der Waals surface area contributed by atoms with Gasteiger partial charge in [0.15, 0.2) is 0 Å². The molecule has 0 saturated heterocycles. The molecule has 7 rings (SSSR count). The lowest BCUT2D eigenvalue weighted by molar-refractivity contribution is 0.413. The number of methoxy groups -OCH3 is 2. The molecule has 2 nitrogen and oxygen atoms in total. The van der Waals surface area contributed by atoms with Crippen molar-refractivity contribution in [2.75, 3.05) is 14.2 Å². The van der Waals surface area contributed by atoms with Gasteiger partial charge in [-0.25, -0.2) is 0 Å². The van der Waals surface area contributed by atoms with E-state index in [-0.39, 0.29) is 0 Å². The van der Waals surface area contributed by atoms with Crippen molar-refractivity contribution in [3.63, 3.8) is 0 Å². The van der Waals surface area contributed by atoms with Crippen LogP contribution in [-0.2, 0) is 0 Å². The van der Waals surface area contributed by atoms with Crippen molar-refractivity contribution in [2.45, 2.75) is 0 Å². The highest BCUT2D eigenvalue weighted by molar-refractivity contribution is 6.27. The summed E-state index contributed by atoms with van der Waals surface area (Å²) < 4.78 is 12.2. The Morgan fingerprint density at radius 3 is 1.90 bits per heavy atom. The van der Waals surface area contributed by atoms with Crippen LogP contribution >= 0.6 is 0 Å². The first-order chi connectivity index (χ1) is 19.8. The van der Waals surface area contributed by atoms with Gasteiger partial charge in [0.1, 0.15) is 11.5 Å². The van der Waals surface area contributed by atoms with E-state index in [2.05, 4.69) is 127 Å². The summed E-state index contributed by atoms with van der Waals surface area (Å²) >= 11 is 0. The molecule has 0 bridgehead atoms. The van der Waals surface area contributed by atoms with Crippen LogP contribution in [0.1, 0.15) is 11.1 Å². The molecular weight excluding hydrogens is 488 g/mol. The van der Waals surface area contributed by atoms with Crippen LogP contribution in [0.5, 0.6) is 11.5 Å². The quantitative estimate of drug-likeness (QED) is 0.167. The third-order valence-electron chi connectivity index (χ3n) is 7.82. The van der Waals surface area contributed by atoms with Gasteiger partial charge in [-0.1, -0.05) is 115 Å². The first-order valence-corrected chi connectivity index (χ1v) is 13.5. The second-order valence-electron chi connectivity index (χ2n) is 10.0. The van der Waals surface area contributed by atoms with E-state index in [4.69, 9.17) is 9.47 Å². The zero-order valence-electron chi connectivity index (χ0n) is 22.5. The van der Waals surface area contributed by atoms with Gasteiger partial charge in [-0.3, -0.25) is 0 Å². The molecule has 0 radical (unpaired) electrons. The molecule has 40 heavy (non-hydrogen) atoms. The van der Waals surface area contributed by atoms with E-state index in [1.807, 2.05) is 6.07 Å². The molecule has 0 heterocycles. The Morgan fingerprint density at radius 1 is 0.450 bits per heavy atom. The van der Waals surface area contributed by atoms with Crippen molar-refractivity contribution in [3.8, 4) is 22.6 Å². The summed E-state index contributed by atoms with van der Waals surface area (Å²) in [6.45, 7) is 0. The van der Waals surface area contributed by atoms with E-state index < -0.39 is 0 Å². The summed E-state index contributed by atoms with van der Waals surface area (Å²) in [5, 5.41) is 9.32. The molecule has 0 saturated carbocycles. The van der Waals surface area contributed by atoms with Gasteiger partial charge >= 0.3 is 0 Å². The third kappa shape index (κ3) is 3.88. The second-order valence-corrected chi connectivity index (χ2v) is 10.0. The highest BCUT2D eigenvalue weighted by Gasteiger charge is 2.22. The molecule has 0 aliphatic rings. The molecule has 0 atom stereocenters. The largest absolute Gasteiger partial charge is 0.496 e. The molecule has 0 spiro atoms. The monoisotopic (exact) mass is 516 g/mol. The average molecular weight is 517 g/mol. The van der Waals surface area contributed by atoms with E-state index in [9.17, 15) is 0 Å². The van der Waals surface area contributed by atoms with E-state index in [0.29, 0.717) is 0 Å². The normalized spacial score (nSPS) is 11.7. The third-order valence-corrected chi connectivity index (χ3v) is 7.82. The molecule has 0 N–H and O–H groups in total. The number of hydrogen-bond acceptors (Lipinski definition) is 2. The number of ether oxygens (including phenoxy) is 2. The molecule has 2 heteroatoms. The van der Waals surface area contributed by atoms with Crippen molar-refractivity contribution in [3.05, 3.63) is 132 Å². The lowest BCUT2D eigenvalue weighted by atomic mass is 9.87. The van der Waals surface area contributed by atoms with Gasteiger partial charge in [-0.2, -0.15) is 0 Å². The Kier molecular flexibility index (Phi) is 5.94. The summed E-state index contributed by atoms with van der Waals surface area (Å²) in [4.78, 5) is 0. The van der Waals surface area contributed by atoms with Crippen LogP contribution in [0.25, 0.3) is 66.4 Å². The van der Waals surface area contributed by atoms with Gasteiger partial charge in [0.25, 0.3) is 0 Å². The molecule has 7 aromatic carbocycles. The number of hydrogen-bond donors (Lipinski definition) is 0. The van der Waals surface area contributed by atoms with E-state index in [0.717, 1.165) is 49.7 Å². The first kappa shape index (κ1) is 24.0. The van der Waals surface area contributed by atoms with Crippen LogP contribution in [0.4, 0.5) is 0 Å². The maximum Gasteiger partial charge on any atom is 0.135 e. The Labute approximate surface area is 233 Å². The Hall–Kier alpha value is -5.08. The molecule has 0 amide bonds. The molecule has 0 aromatic heterocycles. The van der Waals surface area contributed by atoms with Crippen LogP contribution in [0.3, 0.4) is 0 Å². The summed E-state index contributed by atoms with van der Waals surface area (Å²) in [6, 6.07) is 42.8. The van der Waals surface area contributed by atoms with Gasteiger partial charge in [-0.15, -0.1) is 0 Å². The van der Waals surface area contributed by atoms with Crippen molar-refractivity contribution >= 4 is 55.2 Å². The molecule has 0 aliphatic carbocycles. The van der Waals surface area contributed by atoms with Crippen molar-refractivity contribution in [2.24, 2.45) is 0 Å². The molecular formula is C38H28O2. The van der Waals surface area contributed by atoms with Crippen LogP contribution in [0.2, 0.25) is 0 Å². The molecule has 0 unspecified atom stereocenters. The predicted octanol–water partition coefficient (Wildman–Crippen LogP) is 10.2. The minimum absolute atomic E-state index is 0.829. The maximum atomic E-state index is 6.28. The highest BCUT2D eigenvalue weighted by atomic mass is 16.5. The van der Waals surface area contributed by atoms with Gasteiger partial charge in [0.05, 0.1) is 14.2 Å². The molecule has 0 aliphatic heterocycles. The van der Waals surface area contributed by atoms with Crippen LogP contribution in [0, 0.1) is 0 Å². The van der Waals surface area contributed by atoms with Crippen LogP contribution in [-0.4, -0.2) is 14.2 Å². The second kappa shape index (κ2) is 9.91.